The topological polar surface area (TPSA) is 113 Å². The molecule has 1 unspecified atom stereocenters. The van der Waals surface area contributed by atoms with Gasteiger partial charge in [-0.1, -0.05) is 23.7 Å². The number of carboxylic acid groups (broad SMARTS) is 2. The van der Waals surface area contributed by atoms with Gasteiger partial charge >= 0.3 is 11.9 Å². The molecule has 0 saturated heterocycles. The highest BCUT2D eigenvalue weighted by Gasteiger charge is 2.11. The third-order valence-electron chi connectivity index (χ3n) is 2.33. The van der Waals surface area contributed by atoms with Crippen molar-refractivity contribution in [2.45, 2.75) is 6.10 Å². The lowest BCUT2D eigenvalue weighted by molar-refractivity contribution is -0.134. The molecule has 0 aromatic heterocycles. The van der Waals surface area contributed by atoms with Crippen LogP contribution in [-0.2, 0) is 14.3 Å². The van der Waals surface area contributed by atoms with E-state index in [9.17, 15) is 9.59 Å². The van der Waals surface area contributed by atoms with Crippen molar-refractivity contribution in [3.8, 4) is 0 Å². The molecular weight excluding hydrogens is 312 g/mol. The SMILES string of the molecule is COC(CN(C)N)c1cccc(Cl)c1.O=C(O)/C=C/C(=O)O. The fourth-order valence-corrected chi connectivity index (χ4v) is 1.63. The van der Waals surface area contributed by atoms with Gasteiger partial charge in [-0.05, 0) is 17.7 Å². The summed E-state index contributed by atoms with van der Waals surface area (Å²) in [6, 6.07) is 7.60. The molecule has 0 saturated carbocycles. The maximum absolute atomic E-state index is 9.55. The predicted molar refractivity (Wildman–Crippen MR) is 82.4 cm³/mol. The minimum atomic E-state index is -1.26. The molecule has 122 valence electrons. The summed E-state index contributed by atoms with van der Waals surface area (Å²) < 4.78 is 5.32. The van der Waals surface area contributed by atoms with Crippen molar-refractivity contribution < 1.29 is 24.5 Å². The molecule has 4 N–H and O–H groups in total. The Bertz CT molecular complexity index is 504. The highest BCUT2D eigenvalue weighted by molar-refractivity contribution is 6.30. The van der Waals surface area contributed by atoms with Gasteiger partial charge in [0.15, 0.2) is 0 Å². The molecule has 0 aliphatic heterocycles. The van der Waals surface area contributed by atoms with E-state index in [1.807, 2.05) is 24.3 Å². The second kappa shape index (κ2) is 10.7. The van der Waals surface area contributed by atoms with Crippen LogP contribution in [0.2, 0.25) is 5.02 Å². The van der Waals surface area contributed by atoms with Crippen LogP contribution in [0.5, 0.6) is 0 Å². The molecule has 1 rings (SSSR count). The minimum Gasteiger partial charge on any atom is -0.478 e. The average molecular weight is 331 g/mol. The van der Waals surface area contributed by atoms with Gasteiger partial charge in [-0.2, -0.15) is 0 Å². The molecular formula is C14H19ClN2O5. The molecule has 1 atom stereocenters. The van der Waals surface area contributed by atoms with Gasteiger partial charge in [0.25, 0.3) is 0 Å². The molecule has 0 heterocycles. The molecule has 0 radical (unpaired) electrons. The van der Waals surface area contributed by atoms with Gasteiger partial charge in [-0.3, -0.25) is 5.84 Å². The fourth-order valence-electron chi connectivity index (χ4n) is 1.43. The van der Waals surface area contributed by atoms with Crippen LogP contribution in [0, 0.1) is 0 Å². The number of carboxylic acids is 2. The van der Waals surface area contributed by atoms with E-state index in [4.69, 9.17) is 32.4 Å². The number of hydrogen-bond acceptors (Lipinski definition) is 5. The Morgan fingerprint density at radius 2 is 1.91 bits per heavy atom. The molecule has 0 amide bonds. The lowest BCUT2D eigenvalue weighted by atomic mass is 10.1. The first-order valence-electron chi connectivity index (χ1n) is 6.14. The van der Waals surface area contributed by atoms with Crippen LogP contribution in [0.25, 0.3) is 0 Å². The lowest BCUT2D eigenvalue weighted by Crippen LogP contribution is -2.31. The van der Waals surface area contributed by atoms with E-state index >= 15 is 0 Å². The second-order valence-corrected chi connectivity index (χ2v) is 4.67. The van der Waals surface area contributed by atoms with Crippen LogP contribution >= 0.6 is 11.6 Å². The highest BCUT2D eigenvalue weighted by Crippen LogP contribution is 2.20. The Kier molecular flexibility index (Phi) is 9.80. The Morgan fingerprint density at radius 3 is 2.27 bits per heavy atom. The normalized spacial score (nSPS) is 11.9. The quantitative estimate of drug-likeness (QED) is 0.412. The predicted octanol–water partition coefficient (Wildman–Crippen LogP) is 1.54. The van der Waals surface area contributed by atoms with E-state index in [2.05, 4.69) is 0 Å². The fraction of sp³-hybridized carbons (Fsp3) is 0.286. The summed E-state index contributed by atoms with van der Waals surface area (Å²) in [6.45, 7) is 0.636. The largest absolute Gasteiger partial charge is 0.478 e. The maximum atomic E-state index is 9.55. The number of carbonyl (C=O) groups is 2. The van der Waals surface area contributed by atoms with Gasteiger partial charge in [-0.25, -0.2) is 14.6 Å². The number of nitrogens with zero attached hydrogens (tertiary/aromatic N) is 1. The summed E-state index contributed by atoms with van der Waals surface area (Å²) >= 11 is 5.88. The highest BCUT2D eigenvalue weighted by atomic mass is 35.5. The van der Waals surface area contributed by atoms with E-state index < -0.39 is 11.9 Å². The van der Waals surface area contributed by atoms with Crippen molar-refractivity contribution >= 4 is 23.5 Å². The third-order valence-corrected chi connectivity index (χ3v) is 2.56. The van der Waals surface area contributed by atoms with Gasteiger partial charge in [0, 0.05) is 37.9 Å². The minimum absolute atomic E-state index is 0.0382. The van der Waals surface area contributed by atoms with Crippen LogP contribution in [0.15, 0.2) is 36.4 Å². The molecule has 22 heavy (non-hydrogen) atoms. The standard InChI is InChI=1S/C10H15ClN2O.C4H4O4/c1-13(12)7-10(14-2)8-4-3-5-9(11)6-8;5-3(6)1-2-4(7)8/h3-6,10H,7,12H2,1-2H3;1-2H,(H,5,6)(H,7,8)/b;2-1+. The number of aliphatic carboxylic acids is 2. The number of hydrogen-bond donors (Lipinski definition) is 3. The van der Waals surface area contributed by atoms with Crippen molar-refractivity contribution in [2.75, 3.05) is 20.7 Å². The monoisotopic (exact) mass is 330 g/mol. The summed E-state index contributed by atoms with van der Waals surface area (Å²) in [5.74, 6) is 3.05. The number of benzene rings is 1. The molecule has 8 heteroatoms. The van der Waals surface area contributed by atoms with Gasteiger partial charge in [0.1, 0.15) is 0 Å². The van der Waals surface area contributed by atoms with Crippen LogP contribution < -0.4 is 5.84 Å². The molecule has 0 spiro atoms. The van der Waals surface area contributed by atoms with Gasteiger partial charge in [0.05, 0.1) is 6.10 Å². The van der Waals surface area contributed by atoms with Crippen molar-refractivity contribution in [3.63, 3.8) is 0 Å². The summed E-state index contributed by atoms with van der Waals surface area (Å²) in [6.07, 6.45) is 1.08. The maximum Gasteiger partial charge on any atom is 0.328 e. The molecule has 0 aliphatic rings. The number of hydrazine groups is 1. The van der Waals surface area contributed by atoms with Crippen LogP contribution in [0.3, 0.4) is 0 Å². The smallest absolute Gasteiger partial charge is 0.328 e. The zero-order valence-electron chi connectivity index (χ0n) is 12.3. The van der Waals surface area contributed by atoms with E-state index in [-0.39, 0.29) is 6.10 Å². The average Bonchev–Trinajstić information content (AvgIpc) is 2.43. The van der Waals surface area contributed by atoms with Crippen molar-refractivity contribution in [2.24, 2.45) is 5.84 Å². The van der Waals surface area contributed by atoms with E-state index in [0.29, 0.717) is 23.7 Å². The van der Waals surface area contributed by atoms with E-state index in [1.54, 1.807) is 19.2 Å². The zero-order valence-corrected chi connectivity index (χ0v) is 13.0. The number of halogens is 1. The zero-order chi connectivity index (χ0) is 17.1. The number of methoxy groups -OCH3 is 1. The van der Waals surface area contributed by atoms with Gasteiger partial charge in [0.2, 0.25) is 0 Å². The van der Waals surface area contributed by atoms with Crippen molar-refractivity contribution in [1.82, 2.24) is 5.01 Å². The Morgan fingerprint density at radius 1 is 1.36 bits per heavy atom. The van der Waals surface area contributed by atoms with Gasteiger partial charge in [-0.15, -0.1) is 0 Å². The van der Waals surface area contributed by atoms with Crippen LogP contribution in [0.1, 0.15) is 11.7 Å². The van der Waals surface area contributed by atoms with Crippen LogP contribution in [-0.4, -0.2) is 47.9 Å². The first kappa shape index (κ1) is 20.1. The van der Waals surface area contributed by atoms with E-state index in [1.165, 1.54) is 0 Å². The Balaban J connectivity index is 0.000000472. The summed E-state index contributed by atoms with van der Waals surface area (Å²) in [5.41, 5.74) is 1.04. The molecule has 1 aromatic rings. The number of nitrogens with two attached hydrogens (primary N) is 1. The summed E-state index contributed by atoms with van der Waals surface area (Å²) in [5, 5.41) is 17.9. The Labute approximate surface area is 133 Å². The molecule has 0 bridgehead atoms. The number of rotatable bonds is 6. The van der Waals surface area contributed by atoms with Crippen molar-refractivity contribution in [3.05, 3.63) is 47.0 Å². The third kappa shape index (κ3) is 9.89. The summed E-state index contributed by atoms with van der Waals surface area (Å²) in [4.78, 5) is 19.1. The molecule has 0 fully saturated rings. The Hall–Kier alpha value is -1.93. The first-order valence-corrected chi connectivity index (χ1v) is 6.52. The lowest BCUT2D eigenvalue weighted by Gasteiger charge is -2.19. The van der Waals surface area contributed by atoms with Gasteiger partial charge < -0.3 is 14.9 Å². The van der Waals surface area contributed by atoms with Crippen molar-refractivity contribution in [1.29, 1.82) is 0 Å². The summed E-state index contributed by atoms with van der Waals surface area (Å²) in [7, 11) is 3.46. The number of likely N-dealkylation sites (N-methyl/N-ethyl adjacent to an activating group) is 1. The molecule has 0 aliphatic carbocycles. The molecule has 1 aromatic carbocycles. The first-order chi connectivity index (χ1) is 10.3. The number of ether oxygens (including phenoxy) is 1. The van der Waals surface area contributed by atoms with Crippen LogP contribution in [0.4, 0.5) is 0 Å². The molecule has 7 nitrogen and oxygen atoms in total. The van der Waals surface area contributed by atoms with E-state index in [0.717, 1.165) is 5.56 Å². The second-order valence-electron chi connectivity index (χ2n) is 4.23.